The molecule has 0 fully saturated rings. The first-order valence-corrected chi connectivity index (χ1v) is 5.69. The van der Waals surface area contributed by atoms with Crippen molar-refractivity contribution in [1.82, 2.24) is 9.36 Å². The Morgan fingerprint density at radius 3 is 3.06 bits per heavy atom. The summed E-state index contributed by atoms with van der Waals surface area (Å²) in [6.07, 6.45) is 3.59. The van der Waals surface area contributed by atoms with Gasteiger partial charge in [0.2, 0.25) is 0 Å². The molecule has 2 N–H and O–H groups in total. The van der Waals surface area contributed by atoms with Gasteiger partial charge in [-0.2, -0.15) is 0 Å². The van der Waals surface area contributed by atoms with Crippen LogP contribution < -0.4 is 4.89 Å². The van der Waals surface area contributed by atoms with Crippen LogP contribution in [0, 0.1) is 0 Å². The molecule has 0 aliphatic carbocycles. The third kappa shape index (κ3) is 2.88. The molecule has 1 aromatic carbocycles. The van der Waals surface area contributed by atoms with Crippen molar-refractivity contribution in [2.75, 3.05) is 0 Å². The maximum atomic E-state index is 10.1. The number of hydrogen-bond donors (Lipinski definition) is 2. The van der Waals surface area contributed by atoms with Crippen molar-refractivity contribution in [2.24, 2.45) is 0 Å². The summed E-state index contributed by atoms with van der Waals surface area (Å²) in [5.41, 5.74) is 1.61. The number of rotatable bonds is 4. The Labute approximate surface area is 101 Å². The first-order chi connectivity index (χ1) is 8.42. The van der Waals surface area contributed by atoms with E-state index in [0.29, 0.717) is 5.75 Å². The molecule has 6 heteroatoms. The molecular formula is C11H10N2O3S. The molecule has 0 aliphatic rings. The van der Waals surface area contributed by atoms with E-state index in [-0.39, 0.29) is 6.47 Å². The second-order valence-electron chi connectivity index (χ2n) is 3.02. The smallest absolute Gasteiger partial charge is 0.343 e. The molecule has 1 aromatic heterocycles. The van der Waals surface area contributed by atoms with Crippen LogP contribution in [0.5, 0.6) is 5.75 Å². The molecule has 0 radical (unpaired) electrons. The maximum absolute atomic E-state index is 10.1. The molecule has 1 heterocycles. The van der Waals surface area contributed by atoms with E-state index in [1.807, 2.05) is 17.5 Å². The highest BCUT2D eigenvalue weighted by molar-refractivity contribution is 7.03. The van der Waals surface area contributed by atoms with Gasteiger partial charge in [0, 0.05) is 23.3 Å². The van der Waals surface area contributed by atoms with Crippen molar-refractivity contribution in [2.45, 2.75) is 0 Å². The third-order valence-electron chi connectivity index (χ3n) is 1.98. The van der Waals surface area contributed by atoms with E-state index in [4.69, 9.17) is 4.89 Å². The molecule has 0 amide bonds. The number of H-pyrrole nitrogens is 2. The molecule has 2 aromatic rings. The first-order valence-electron chi connectivity index (χ1n) is 4.81. The Hall–Kier alpha value is -2.21. The topological polar surface area (TPSA) is 67.1 Å². The number of para-hydroxylation sites is 1. The van der Waals surface area contributed by atoms with Gasteiger partial charge >= 0.3 is 6.47 Å². The summed E-state index contributed by atoms with van der Waals surface area (Å²) >= 11 is 1.42. The number of nitrogens with one attached hydrogen (secondary N) is 2. The minimum Gasteiger partial charge on any atom is -0.365 e. The van der Waals surface area contributed by atoms with Gasteiger partial charge in [0.1, 0.15) is 0 Å². The lowest BCUT2D eigenvalue weighted by molar-refractivity contribution is -0.196. The van der Waals surface area contributed by atoms with Crippen LogP contribution in [-0.2, 0) is 9.68 Å². The average Bonchev–Trinajstić information content (AvgIpc) is 2.65. The van der Waals surface area contributed by atoms with Gasteiger partial charge in [0.05, 0.1) is 5.69 Å². The summed E-state index contributed by atoms with van der Waals surface area (Å²) in [6.45, 7) is 0.236. The van der Waals surface area contributed by atoms with E-state index < -0.39 is 0 Å². The quantitative estimate of drug-likeness (QED) is 0.498. The maximum Gasteiger partial charge on any atom is 0.343 e. The normalized spacial score (nSPS) is 9.41. The van der Waals surface area contributed by atoms with Crippen molar-refractivity contribution in [3.63, 3.8) is 0 Å². The third-order valence-corrected chi connectivity index (χ3v) is 2.59. The van der Waals surface area contributed by atoms with Gasteiger partial charge in [0.15, 0.2) is 5.75 Å². The summed E-state index contributed by atoms with van der Waals surface area (Å²) in [4.78, 5) is 22.3. The van der Waals surface area contributed by atoms with Gasteiger partial charge in [-0.3, -0.25) is 14.6 Å². The van der Waals surface area contributed by atoms with Gasteiger partial charge < -0.3 is 9.36 Å². The Balaban J connectivity index is 2.41. The van der Waals surface area contributed by atoms with E-state index in [9.17, 15) is 4.79 Å². The SMILES string of the molecule is O=COOc1ccccc1-c1c[nH]ccs[nH]1. The van der Waals surface area contributed by atoms with Crippen LogP contribution in [0.3, 0.4) is 0 Å². The summed E-state index contributed by atoms with van der Waals surface area (Å²) in [7, 11) is 0. The Morgan fingerprint density at radius 1 is 1.29 bits per heavy atom. The molecule has 2 rings (SSSR count). The monoisotopic (exact) mass is 250 g/mol. The van der Waals surface area contributed by atoms with E-state index >= 15 is 0 Å². The van der Waals surface area contributed by atoms with Crippen LogP contribution in [0.25, 0.3) is 11.3 Å². The van der Waals surface area contributed by atoms with E-state index in [1.165, 1.54) is 11.5 Å². The lowest BCUT2D eigenvalue weighted by atomic mass is 10.1. The summed E-state index contributed by atoms with van der Waals surface area (Å²) in [6, 6.07) is 7.23. The number of carbonyl (C=O) groups is 1. The van der Waals surface area contributed by atoms with Gasteiger partial charge in [-0.05, 0) is 12.1 Å². The minimum absolute atomic E-state index is 0.236. The largest absolute Gasteiger partial charge is 0.365 e. The van der Waals surface area contributed by atoms with Crippen LogP contribution in [0.4, 0.5) is 0 Å². The Kier molecular flexibility index (Phi) is 3.82. The van der Waals surface area contributed by atoms with Crippen molar-refractivity contribution >= 4 is 18.0 Å². The van der Waals surface area contributed by atoms with Crippen LogP contribution in [-0.4, -0.2) is 15.8 Å². The highest BCUT2D eigenvalue weighted by Gasteiger charge is 2.06. The Bertz CT molecular complexity index is 509. The van der Waals surface area contributed by atoms with Gasteiger partial charge in [0.25, 0.3) is 0 Å². The van der Waals surface area contributed by atoms with Crippen LogP contribution in [0.1, 0.15) is 0 Å². The lowest BCUT2D eigenvalue weighted by Crippen LogP contribution is -1.96. The molecule has 0 aliphatic heterocycles. The predicted molar refractivity (Wildman–Crippen MR) is 63.9 cm³/mol. The van der Waals surface area contributed by atoms with Crippen LogP contribution >= 0.6 is 11.5 Å². The zero-order valence-electron chi connectivity index (χ0n) is 8.75. The molecule has 0 saturated carbocycles. The fourth-order valence-corrected chi connectivity index (χ4v) is 1.81. The second kappa shape index (κ2) is 5.76. The van der Waals surface area contributed by atoms with E-state index in [1.54, 1.807) is 24.5 Å². The van der Waals surface area contributed by atoms with E-state index in [2.05, 4.69) is 14.2 Å². The molecule has 0 unspecified atom stereocenters. The van der Waals surface area contributed by atoms with Crippen molar-refractivity contribution < 1.29 is 14.6 Å². The fourth-order valence-electron chi connectivity index (χ4n) is 1.30. The zero-order valence-corrected chi connectivity index (χ0v) is 9.57. The van der Waals surface area contributed by atoms with Crippen LogP contribution in [0.2, 0.25) is 0 Å². The van der Waals surface area contributed by atoms with E-state index in [0.717, 1.165) is 11.3 Å². The zero-order chi connectivity index (χ0) is 11.9. The number of carbonyl (C=O) groups excluding carboxylic acids is 1. The number of benzene rings is 1. The molecule has 0 atom stereocenters. The van der Waals surface area contributed by atoms with Crippen molar-refractivity contribution in [1.29, 1.82) is 0 Å². The molecule has 17 heavy (non-hydrogen) atoms. The highest BCUT2D eigenvalue weighted by atomic mass is 32.1. The summed E-state index contributed by atoms with van der Waals surface area (Å²) in [5.74, 6) is 0.461. The molecule has 0 spiro atoms. The minimum atomic E-state index is 0.236. The summed E-state index contributed by atoms with van der Waals surface area (Å²) < 4.78 is 3.12. The Morgan fingerprint density at radius 2 is 2.18 bits per heavy atom. The molecule has 0 saturated heterocycles. The van der Waals surface area contributed by atoms with Crippen molar-refractivity contribution in [3.8, 4) is 17.0 Å². The highest BCUT2D eigenvalue weighted by Crippen LogP contribution is 2.27. The first kappa shape index (κ1) is 11.3. The van der Waals surface area contributed by atoms with Gasteiger partial charge in [-0.15, -0.1) is 0 Å². The average molecular weight is 250 g/mol. The number of hydrogen-bond acceptors (Lipinski definition) is 4. The molecule has 0 bridgehead atoms. The van der Waals surface area contributed by atoms with Gasteiger partial charge in [-0.25, -0.2) is 0 Å². The predicted octanol–water partition coefficient (Wildman–Crippen LogP) is 2.66. The molecule has 88 valence electrons. The fraction of sp³-hybridized carbons (Fsp3) is 0. The van der Waals surface area contributed by atoms with Crippen molar-refractivity contribution in [3.05, 3.63) is 42.0 Å². The lowest BCUT2D eigenvalue weighted by Gasteiger charge is -2.05. The van der Waals surface area contributed by atoms with Gasteiger partial charge in [-0.1, -0.05) is 23.7 Å². The standard InChI is InChI=1S/C11H10N2O3S/c14-8-15-16-11-4-2-1-3-9(11)10-7-12-5-6-17-13-10/h1-8,12-13H. The molecule has 5 nitrogen and oxygen atoms in total. The second-order valence-corrected chi connectivity index (χ2v) is 3.73. The summed E-state index contributed by atoms with van der Waals surface area (Å²) in [5, 5.41) is 1.87. The van der Waals surface area contributed by atoms with Crippen LogP contribution in [0.15, 0.2) is 42.0 Å². The number of aromatic nitrogens is 2. The molecular weight excluding hydrogens is 240 g/mol. The number of aromatic amines is 2.